The van der Waals surface area contributed by atoms with Gasteiger partial charge in [0.15, 0.2) is 5.78 Å². The number of carbonyl (C=O) groups excluding carboxylic acids is 1. The molecule has 2 rings (SSSR count). The van der Waals surface area contributed by atoms with Crippen LogP contribution >= 0.6 is 27.5 Å². The molecule has 0 aliphatic rings. The Morgan fingerprint density at radius 3 is 2.68 bits per heavy atom. The largest absolute Gasteiger partial charge is 0.294 e. The van der Waals surface area contributed by atoms with Crippen LogP contribution in [0, 0.1) is 5.82 Å². The number of hydrogen-bond acceptors (Lipinski definition) is 1. The Balaban J connectivity index is 2.03. The lowest BCUT2D eigenvalue weighted by molar-refractivity contribution is 0.0982. The van der Waals surface area contributed by atoms with Gasteiger partial charge in [-0.25, -0.2) is 4.39 Å². The lowest BCUT2D eigenvalue weighted by Crippen LogP contribution is -2.02. The van der Waals surface area contributed by atoms with E-state index >= 15 is 0 Å². The van der Waals surface area contributed by atoms with E-state index in [4.69, 9.17) is 11.6 Å². The van der Waals surface area contributed by atoms with Gasteiger partial charge in [-0.15, -0.1) is 0 Å². The van der Waals surface area contributed by atoms with Crippen LogP contribution in [0.5, 0.6) is 0 Å². The molecule has 0 aliphatic heterocycles. The van der Waals surface area contributed by atoms with E-state index in [2.05, 4.69) is 15.9 Å². The molecule has 98 valence electrons. The zero-order valence-corrected chi connectivity index (χ0v) is 12.3. The van der Waals surface area contributed by atoms with Gasteiger partial charge in [0.05, 0.1) is 4.47 Å². The number of benzene rings is 2. The number of hydrogen-bond donors (Lipinski definition) is 0. The van der Waals surface area contributed by atoms with Crippen LogP contribution in [0.4, 0.5) is 4.39 Å². The van der Waals surface area contributed by atoms with Crippen LogP contribution in [0.15, 0.2) is 46.9 Å². The first-order valence-electron chi connectivity index (χ1n) is 5.79. The summed E-state index contributed by atoms with van der Waals surface area (Å²) >= 11 is 8.94. The minimum absolute atomic E-state index is 0.0774. The van der Waals surface area contributed by atoms with E-state index in [1.54, 1.807) is 18.2 Å². The monoisotopic (exact) mass is 340 g/mol. The third-order valence-corrected chi connectivity index (χ3v) is 3.65. The van der Waals surface area contributed by atoms with Crippen LogP contribution in [0.3, 0.4) is 0 Å². The highest BCUT2D eigenvalue weighted by molar-refractivity contribution is 9.10. The first-order chi connectivity index (χ1) is 9.06. The highest BCUT2D eigenvalue weighted by atomic mass is 79.9. The van der Waals surface area contributed by atoms with Crippen molar-refractivity contribution < 1.29 is 9.18 Å². The smallest absolute Gasteiger partial charge is 0.163 e. The topological polar surface area (TPSA) is 17.1 Å². The molecule has 0 aliphatic carbocycles. The molecule has 0 bridgehead atoms. The highest BCUT2D eigenvalue weighted by Crippen LogP contribution is 2.18. The summed E-state index contributed by atoms with van der Waals surface area (Å²) < 4.78 is 13.7. The molecule has 0 aromatic heterocycles. The average molecular weight is 342 g/mol. The fourth-order valence-electron chi connectivity index (χ4n) is 1.76. The van der Waals surface area contributed by atoms with Gasteiger partial charge in [0, 0.05) is 17.0 Å². The predicted octanol–water partition coefficient (Wildman–Crippen LogP) is 5.06. The fraction of sp³-hybridized carbons (Fsp3) is 0.133. The second-order valence-electron chi connectivity index (χ2n) is 4.18. The fourth-order valence-corrected chi connectivity index (χ4v) is 2.22. The molecule has 2 aromatic rings. The standard InChI is InChI=1S/C15H11BrClFO/c16-13-6-5-11(9-14(13)18)15(19)7-4-10-2-1-3-12(17)8-10/h1-3,5-6,8-9H,4,7H2. The maximum Gasteiger partial charge on any atom is 0.163 e. The molecule has 0 amide bonds. The van der Waals surface area contributed by atoms with E-state index in [9.17, 15) is 9.18 Å². The zero-order chi connectivity index (χ0) is 13.8. The van der Waals surface area contributed by atoms with Crippen molar-refractivity contribution in [3.63, 3.8) is 0 Å². The molecule has 0 saturated carbocycles. The highest BCUT2D eigenvalue weighted by Gasteiger charge is 2.09. The van der Waals surface area contributed by atoms with Gasteiger partial charge < -0.3 is 0 Å². The quantitative estimate of drug-likeness (QED) is 0.711. The molecule has 2 aromatic carbocycles. The molecule has 1 nitrogen and oxygen atoms in total. The predicted molar refractivity (Wildman–Crippen MR) is 78.2 cm³/mol. The third-order valence-electron chi connectivity index (χ3n) is 2.77. The normalized spacial score (nSPS) is 10.5. The Morgan fingerprint density at radius 1 is 1.21 bits per heavy atom. The molecule has 0 spiro atoms. The van der Waals surface area contributed by atoms with Gasteiger partial charge >= 0.3 is 0 Å². The van der Waals surface area contributed by atoms with Crippen molar-refractivity contribution in [2.24, 2.45) is 0 Å². The Bertz CT molecular complexity index is 613. The molecular weight excluding hydrogens is 331 g/mol. The average Bonchev–Trinajstić information content (AvgIpc) is 2.39. The van der Waals surface area contributed by atoms with Crippen molar-refractivity contribution in [1.82, 2.24) is 0 Å². The van der Waals surface area contributed by atoms with Gasteiger partial charge in [-0.1, -0.05) is 29.8 Å². The van der Waals surface area contributed by atoms with Gasteiger partial charge in [0.25, 0.3) is 0 Å². The maximum atomic E-state index is 13.3. The van der Waals surface area contributed by atoms with Crippen molar-refractivity contribution in [3.05, 3.63) is 68.9 Å². The molecule has 0 atom stereocenters. The van der Waals surface area contributed by atoms with Gasteiger partial charge in [0.1, 0.15) is 5.82 Å². The summed E-state index contributed by atoms with van der Waals surface area (Å²) in [6.45, 7) is 0. The molecule has 4 heteroatoms. The summed E-state index contributed by atoms with van der Waals surface area (Å²) in [5.74, 6) is -0.500. The van der Waals surface area contributed by atoms with Gasteiger partial charge in [-0.2, -0.15) is 0 Å². The summed E-state index contributed by atoms with van der Waals surface area (Å²) in [5.41, 5.74) is 1.39. The molecule has 0 fully saturated rings. The Labute approximate surface area is 124 Å². The van der Waals surface area contributed by atoms with Crippen LogP contribution in [0.1, 0.15) is 22.3 Å². The number of aryl methyl sites for hydroxylation is 1. The third kappa shape index (κ3) is 3.88. The van der Waals surface area contributed by atoms with Gasteiger partial charge in [-0.05, 0) is 52.2 Å². The zero-order valence-electron chi connectivity index (χ0n) is 10.00. The van der Waals surface area contributed by atoms with E-state index in [1.165, 1.54) is 6.07 Å². The molecule has 0 heterocycles. The Kier molecular flexibility index (Phi) is 4.72. The first kappa shape index (κ1) is 14.2. The Morgan fingerprint density at radius 2 is 2.00 bits per heavy atom. The number of ketones is 1. The molecule has 0 N–H and O–H groups in total. The van der Waals surface area contributed by atoms with Gasteiger partial charge in [0.2, 0.25) is 0 Å². The maximum absolute atomic E-state index is 13.3. The lowest BCUT2D eigenvalue weighted by Gasteiger charge is -2.03. The van der Waals surface area contributed by atoms with Gasteiger partial charge in [-0.3, -0.25) is 4.79 Å². The summed E-state index contributed by atoms with van der Waals surface area (Å²) in [6, 6.07) is 11.8. The van der Waals surface area contributed by atoms with E-state index in [0.29, 0.717) is 27.9 Å². The van der Waals surface area contributed by atoms with E-state index < -0.39 is 5.82 Å². The first-order valence-corrected chi connectivity index (χ1v) is 6.96. The van der Waals surface area contributed by atoms with Crippen molar-refractivity contribution in [2.45, 2.75) is 12.8 Å². The lowest BCUT2D eigenvalue weighted by atomic mass is 10.0. The van der Waals surface area contributed by atoms with Crippen molar-refractivity contribution >= 4 is 33.3 Å². The summed E-state index contributed by atoms with van der Waals surface area (Å²) in [7, 11) is 0. The number of halogens is 3. The summed E-state index contributed by atoms with van der Waals surface area (Å²) in [5, 5.41) is 0.652. The van der Waals surface area contributed by atoms with Crippen molar-refractivity contribution in [3.8, 4) is 0 Å². The summed E-state index contributed by atoms with van der Waals surface area (Å²) in [4.78, 5) is 12.0. The molecule has 19 heavy (non-hydrogen) atoms. The molecule has 0 unspecified atom stereocenters. The van der Waals surface area contributed by atoms with Crippen molar-refractivity contribution in [2.75, 3.05) is 0 Å². The Hall–Kier alpha value is -1.19. The second kappa shape index (κ2) is 6.31. The van der Waals surface area contributed by atoms with Crippen LogP contribution < -0.4 is 0 Å². The molecule has 0 radical (unpaired) electrons. The number of rotatable bonds is 4. The van der Waals surface area contributed by atoms with Crippen molar-refractivity contribution in [1.29, 1.82) is 0 Å². The minimum Gasteiger partial charge on any atom is -0.294 e. The number of carbonyl (C=O) groups is 1. The van der Waals surface area contributed by atoms with Crippen LogP contribution in [-0.2, 0) is 6.42 Å². The van der Waals surface area contributed by atoms with Crippen LogP contribution in [-0.4, -0.2) is 5.78 Å². The van der Waals surface area contributed by atoms with E-state index in [-0.39, 0.29) is 5.78 Å². The van der Waals surface area contributed by atoms with Crippen LogP contribution in [0.2, 0.25) is 5.02 Å². The van der Waals surface area contributed by atoms with E-state index in [1.807, 2.05) is 18.2 Å². The molecular formula is C15H11BrClFO. The summed E-state index contributed by atoms with van der Waals surface area (Å²) in [6.07, 6.45) is 0.929. The number of Topliss-reactive ketones (excluding diaryl/α,β-unsaturated/α-hetero) is 1. The second-order valence-corrected chi connectivity index (χ2v) is 5.47. The van der Waals surface area contributed by atoms with Crippen LogP contribution in [0.25, 0.3) is 0 Å². The molecule has 0 saturated heterocycles. The minimum atomic E-state index is -0.423. The SMILES string of the molecule is O=C(CCc1cccc(Cl)c1)c1ccc(Br)c(F)c1. The van der Waals surface area contributed by atoms with E-state index in [0.717, 1.165) is 5.56 Å².